The van der Waals surface area contributed by atoms with Crippen molar-refractivity contribution in [2.75, 3.05) is 13.1 Å². The molecule has 0 saturated carbocycles. The number of aromatic hydroxyl groups is 1. The van der Waals surface area contributed by atoms with Gasteiger partial charge in [0.25, 0.3) is 0 Å². The summed E-state index contributed by atoms with van der Waals surface area (Å²) in [6.45, 7) is 9.84. The molecule has 0 aliphatic carbocycles. The van der Waals surface area contributed by atoms with E-state index in [0.29, 0.717) is 62.6 Å². The molecule has 1 saturated heterocycles. The minimum absolute atomic E-state index is 0.00251. The summed E-state index contributed by atoms with van der Waals surface area (Å²) in [5.41, 5.74) is 12.4. The number of carbonyl (C=O) groups is 6. The molecule has 2 aliphatic heterocycles. The molecule has 0 aromatic heterocycles. The molecule has 1 fully saturated rings. The number of nitrogens with zero attached hydrogens (tertiary/aromatic N) is 2. The van der Waals surface area contributed by atoms with Gasteiger partial charge in [-0.3, -0.25) is 33.8 Å². The van der Waals surface area contributed by atoms with Crippen LogP contribution in [0.15, 0.2) is 35.3 Å². The van der Waals surface area contributed by atoms with E-state index in [0.717, 1.165) is 25.7 Å². The number of ketones is 2. The first kappa shape index (κ1) is 47.6. The van der Waals surface area contributed by atoms with Crippen molar-refractivity contribution in [2.45, 2.75) is 155 Å². The summed E-state index contributed by atoms with van der Waals surface area (Å²) in [5, 5.41) is 19.5. The fraction of sp³-hybridized carbons (Fsp3) is 0.659. The minimum Gasteiger partial charge on any atom is -0.508 e. The molecule has 1 unspecified atom stereocenters. The van der Waals surface area contributed by atoms with Crippen LogP contribution in [0, 0.1) is 17.8 Å². The molecule has 2 heterocycles. The Balaban J connectivity index is 1.99. The average molecular weight is 808 g/mol. The summed E-state index contributed by atoms with van der Waals surface area (Å²) in [6, 6.07) is 1.25. The second-order valence-corrected chi connectivity index (χ2v) is 16.6. The molecular weight excluding hydrogens is 739 g/mol. The van der Waals surface area contributed by atoms with E-state index in [1.807, 2.05) is 39.8 Å². The molecule has 8 N–H and O–H groups in total. The number of aliphatic imine (C=N–C) groups is 1. The normalized spacial score (nSPS) is 21.7. The SMILES string of the molecule is CCC(C)[C@H](NC(=O)[C@@H]1Cc2ccc(O)c(c2)CC=CCCCCCCC(=O)N[C@@H](CCCN=C(N)N)C(=O)N2CCC[C@H]2C(=O)N1)C(=O)C[C@@H](CC(C)C)C(C)=O. The van der Waals surface area contributed by atoms with E-state index in [2.05, 4.69) is 27.0 Å². The van der Waals surface area contributed by atoms with Crippen molar-refractivity contribution in [3.63, 3.8) is 0 Å². The second kappa shape index (κ2) is 24.2. The van der Waals surface area contributed by atoms with Gasteiger partial charge in [-0.2, -0.15) is 0 Å². The molecule has 2 aliphatic rings. The number of guanidine groups is 1. The first-order valence-electron chi connectivity index (χ1n) is 21.4. The highest BCUT2D eigenvalue weighted by molar-refractivity contribution is 5.97. The number of carbonyl (C=O) groups excluding carboxylic acids is 6. The Morgan fingerprint density at radius 3 is 2.45 bits per heavy atom. The highest BCUT2D eigenvalue weighted by atomic mass is 16.3. The average Bonchev–Trinajstić information content (AvgIpc) is 3.67. The number of rotatable bonds is 14. The van der Waals surface area contributed by atoms with Crippen molar-refractivity contribution in [1.82, 2.24) is 20.9 Å². The third-order valence-electron chi connectivity index (χ3n) is 11.3. The Morgan fingerprint density at radius 2 is 1.76 bits per heavy atom. The van der Waals surface area contributed by atoms with Crippen molar-refractivity contribution in [3.8, 4) is 5.75 Å². The maximum Gasteiger partial charge on any atom is 0.245 e. The van der Waals surface area contributed by atoms with Crippen LogP contribution in [0.1, 0.15) is 129 Å². The number of Topliss-reactive ketones (excluding diaryl/α,β-unsaturated/α-hetero) is 2. The molecular formula is C44H69N7O7. The van der Waals surface area contributed by atoms with Crippen LogP contribution in [0.4, 0.5) is 0 Å². The first-order chi connectivity index (χ1) is 27.6. The van der Waals surface area contributed by atoms with Crippen LogP contribution in [-0.2, 0) is 41.6 Å². The van der Waals surface area contributed by atoms with Gasteiger partial charge in [-0.25, -0.2) is 0 Å². The Bertz CT molecular complexity index is 1620. The van der Waals surface area contributed by atoms with Crippen LogP contribution in [-0.4, -0.2) is 88.4 Å². The predicted octanol–water partition coefficient (Wildman–Crippen LogP) is 4.14. The largest absolute Gasteiger partial charge is 0.508 e. The third kappa shape index (κ3) is 15.5. The van der Waals surface area contributed by atoms with E-state index in [9.17, 15) is 33.9 Å². The molecule has 6 atom stereocenters. The van der Waals surface area contributed by atoms with Crippen molar-refractivity contribution >= 4 is 41.2 Å². The highest BCUT2D eigenvalue weighted by Gasteiger charge is 2.39. The number of allylic oxidation sites excluding steroid dienone is 2. The van der Waals surface area contributed by atoms with Gasteiger partial charge in [0.05, 0.1) is 6.04 Å². The summed E-state index contributed by atoms with van der Waals surface area (Å²) in [4.78, 5) is 87.8. The molecule has 322 valence electrons. The maximum atomic E-state index is 14.4. The maximum absolute atomic E-state index is 14.4. The molecule has 0 spiro atoms. The van der Waals surface area contributed by atoms with Crippen molar-refractivity contribution in [2.24, 2.45) is 34.2 Å². The molecule has 1 aromatic rings. The monoisotopic (exact) mass is 808 g/mol. The van der Waals surface area contributed by atoms with Crippen molar-refractivity contribution in [3.05, 3.63) is 41.5 Å². The standard InChI is InChI=1S/C44H69N7O7/c1-6-29(4)40(38(54)27-33(30(5)52)24-28(2)3)50-41(56)35-26-31-20-21-37(53)32(25-31)16-12-10-8-7-9-11-13-19-39(55)48-34(17-14-22-47-44(45)46)43(58)51-23-15-18-36(51)42(57)49-35/h10,12,20-21,25,28-29,33-36,40,53H,6-9,11,13-19,22-24,26-27H2,1-5H3,(H,48,55)(H,49,57)(H,50,56)(H4,45,46,47)/t29?,33-,34+,35+,36+,40+/m1/s1. The lowest BCUT2D eigenvalue weighted by Gasteiger charge is -2.31. The summed E-state index contributed by atoms with van der Waals surface area (Å²) in [5.74, 6) is -2.53. The Morgan fingerprint density at radius 1 is 1.02 bits per heavy atom. The molecule has 3 rings (SSSR count). The molecule has 4 amide bonds. The third-order valence-corrected chi connectivity index (χ3v) is 11.3. The number of benzene rings is 1. The number of nitrogens with two attached hydrogens (primary N) is 2. The van der Waals surface area contributed by atoms with Gasteiger partial charge < -0.3 is 37.4 Å². The molecule has 2 bridgehead atoms. The predicted molar refractivity (Wildman–Crippen MR) is 225 cm³/mol. The Kier molecular flexibility index (Phi) is 19.9. The van der Waals surface area contributed by atoms with Gasteiger partial charge in [0.1, 0.15) is 29.7 Å². The minimum atomic E-state index is -1.15. The molecule has 58 heavy (non-hydrogen) atoms. The fourth-order valence-electron chi connectivity index (χ4n) is 7.76. The van der Waals surface area contributed by atoms with Crippen LogP contribution in [0.3, 0.4) is 0 Å². The molecule has 14 nitrogen and oxygen atoms in total. The van der Waals surface area contributed by atoms with Crippen LogP contribution in [0.25, 0.3) is 0 Å². The number of fused-ring (bicyclic) bond motifs is 3. The van der Waals surface area contributed by atoms with E-state index in [1.165, 1.54) is 11.8 Å². The number of hydrogen-bond donors (Lipinski definition) is 6. The van der Waals surface area contributed by atoms with Gasteiger partial charge in [-0.05, 0) is 93.7 Å². The van der Waals surface area contributed by atoms with Crippen LogP contribution in [0.5, 0.6) is 5.75 Å². The van der Waals surface area contributed by atoms with Crippen molar-refractivity contribution < 1.29 is 33.9 Å². The number of phenolic OH excluding ortho intramolecular Hbond substituents is 1. The summed E-state index contributed by atoms with van der Waals surface area (Å²) in [7, 11) is 0. The van der Waals surface area contributed by atoms with Gasteiger partial charge in [-0.1, -0.05) is 71.2 Å². The van der Waals surface area contributed by atoms with Crippen LogP contribution in [0.2, 0.25) is 0 Å². The summed E-state index contributed by atoms with van der Waals surface area (Å²) in [6.07, 6.45) is 11.8. The van der Waals surface area contributed by atoms with Gasteiger partial charge >= 0.3 is 0 Å². The Labute approximate surface area is 344 Å². The zero-order valence-electron chi connectivity index (χ0n) is 35.4. The van der Waals surface area contributed by atoms with Gasteiger partial charge in [0.15, 0.2) is 11.7 Å². The highest BCUT2D eigenvalue weighted by Crippen LogP contribution is 2.24. The van der Waals surface area contributed by atoms with Crippen molar-refractivity contribution in [1.29, 1.82) is 0 Å². The number of nitrogens with one attached hydrogen (secondary N) is 3. The van der Waals surface area contributed by atoms with Gasteiger partial charge in [-0.15, -0.1) is 0 Å². The topological polar surface area (TPSA) is 226 Å². The van der Waals surface area contributed by atoms with E-state index >= 15 is 0 Å². The fourth-order valence-corrected chi connectivity index (χ4v) is 7.76. The number of hydrogen-bond acceptors (Lipinski definition) is 8. The number of amides is 4. The lowest BCUT2D eigenvalue weighted by atomic mass is 9.85. The van der Waals surface area contributed by atoms with E-state index in [4.69, 9.17) is 11.5 Å². The van der Waals surface area contributed by atoms with Gasteiger partial charge in [0.2, 0.25) is 23.6 Å². The molecule has 14 heteroatoms. The number of phenols is 1. The van der Waals surface area contributed by atoms with E-state index in [-0.39, 0.29) is 73.2 Å². The quantitative estimate of drug-likeness (QED) is 0.0687. The molecule has 0 radical (unpaired) electrons. The summed E-state index contributed by atoms with van der Waals surface area (Å²) < 4.78 is 0. The lowest BCUT2D eigenvalue weighted by Crippen LogP contribution is -2.58. The van der Waals surface area contributed by atoms with E-state index in [1.54, 1.807) is 12.1 Å². The lowest BCUT2D eigenvalue weighted by molar-refractivity contribution is -0.142. The summed E-state index contributed by atoms with van der Waals surface area (Å²) >= 11 is 0. The van der Waals surface area contributed by atoms with E-state index < -0.39 is 47.8 Å². The second-order valence-electron chi connectivity index (χ2n) is 16.6. The van der Waals surface area contributed by atoms with Crippen LogP contribution < -0.4 is 27.4 Å². The first-order valence-corrected chi connectivity index (χ1v) is 21.4. The zero-order valence-corrected chi connectivity index (χ0v) is 35.4. The van der Waals surface area contributed by atoms with Gasteiger partial charge in [0, 0.05) is 38.3 Å². The Hall–Kier alpha value is -4.75. The van der Waals surface area contributed by atoms with Crippen LogP contribution >= 0.6 is 0 Å². The smallest absolute Gasteiger partial charge is 0.245 e. The zero-order chi connectivity index (χ0) is 42.8. The molecule has 1 aromatic carbocycles.